The predicted molar refractivity (Wildman–Crippen MR) is 73.9 cm³/mol. The zero-order valence-electron chi connectivity index (χ0n) is 10.5. The number of nitriles is 1. The van der Waals surface area contributed by atoms with Crippen LogP contribution in [0.1, 0.15) is 18.1 Å². The molecule has 0 N–H and O–H groups in total. The van der Waals surface area contributed by atoms with Crippen molar-refractivity contribution in [1.82, 2.24) is 0 Å². The van der Waals surface area contributed by atoms with Crippen molar-refractivity contribution in [3.8, 4) is 17.6 Å². The van der Waals surface area contributed by atoms with Crippen LogP contribution in [0.2, 0.25) is 0 Å². The van der Waals surface area contributed by atoms with Crippen LogP contribution >= 0.6 is 15.9 Å². The van der Waals surface area contributed by atoms with E-state index in [9.17, 15) is 4.39 Å². The number of halogens is 2. The molecule has 0 saturated carbocycles. The molecule has 0 fully saturated rings. The van der Waals surface area contributed by atoms with Crippen LogP contribution in [0.5, 0.6) is 11.5 Å². The van der Waals surface area contributed by atoms with Gasteiger partial charge in [0.05, 0.1) is 21.7 Å². The lowest BCUT2D eigenvalue weighted by Gasteiger charge is -2.24. The van der Waals surface area contributed by atoms with E-state index >= 15 is 0 Å². The first-order valence-electron chi connectivity index (χ1n) is 5.90. The molecular formula is C15H9BrFNO2. The van der Waals surface area contributed by atoms with Gasteiger partial charge < -0.3 is 9.47 Å². The summed E-state index contributed by atoms with van der Waals surface area (Å²) < 4.78 is 26.4. The predicted octanol–water partition coefficient (Wildman–Crippen LogP) is 4.10. The molecule has 0 radical (unpaired) electrons. The molecule has 0 bridgehead atoms. The molecule has 0 spiro atoms. The van der Waals surface area contributed by atoms with E-state index < -0.39 is 11.6 Å². The molecule has 1 aliphatic heterocycles. The molecule has 0 amide bonds. The molecule has 20 heavy (non-hydrogen) atoms. The Balaban J connectivity index is 2.05. The van der Waals surface area contributed by atoms with Crippen LogP contribution in [-0.2, 0) is 5.79 Å². The van der Waals surface area contributed by atoms with Gasteiger partial charge in [-0.2, -0.15) is 5.26 Å². The Bertz CT molecular complexity index is 741. The molecule has 0 aliphatic carbocycles. The molecule has 3 nitrogen and oxygen atoms in total. The van der Waals surface area contributed by atoms with Crippen LogP contribution in [0.15, 0.2) is 40.9 Å². The smallest absolute Gasteiger partial charge is 0.278 e. The van der Waals surface area contributed by atoms with Gasteiger partial charge >= 0.3 is 0 Å². The summed E-state index contributed by atoms with van der Waals surface area (Å²) in [4.78, 5) is 0. The van der Waals surface area contributed by atoms with Gasteiger partial charge in [-0.3, -0.25) is 0 Å². The Kier molecular flexibility index (Phi) is 2.91. The molecule has 0 unspecified atom stereocenters. The topological polar surface area (TPSA) is 42.2 Å². The van der Waals surface area contributed by atoms with E-state index in [0.717, 1.165) is 4.47 Å². The van der Waals surface area contributed by atoms with E-state index in [1.165, 1.54) is 18.2 Å². The molecular weight excluding hydrogens is 325 g/mol. The monoisotopic (exact) mass is 333 g/mol. The standard InChI is InChI=1S/C15H9BrFNO2/c1-15(10-6-5-9(8-18)7-12(10)17)19-13-4-2-3-11(16)14(13)20-15/h2-7H,1H3/t15-/m1/s1. The largest absolute Gasteiger partial charge is 0.444 e. The van der Waals surface area contributed by atoms with Gasteiger partial charge in [-0.15, -0.1) is 0 Å². The number of fused-ring (bicyclic) bond motifs is 1. The van der Waals surface area contributed by atoms with Crippen molar-refractivity contribution in [2.24, 2.45) is 0 Å². The van der Waals surface area contributed by atoms with Crippen molar-refractivity contribution in [2.75, 3.05) is 0 Å². The van der Waals surface area contributed by atoms with Crippen LogP contribution in [0, 0.1) is 17.1 Å². The van der Waals surface area contributed by atoms with Crippen LogP contribution in [0.25, 0.3) is 0 Å². The number of hydrogen-bond acceptors (Lipinski definition) is 3. The number of hydrogen-bond donors (Lipinski definition) is 0. The zero-order chi connectivity index (χ0) is 14.3. The van der Waals surface area contributed by atoms with E-state index in [2.05, 4.69) is 15.9 Å². The molecule has 1 heterocycles. The summed E-state index contributed by atoms with van der Waals surface area (Å²) in [7, 11) is 0. The van der Waals surface area contributed by atoms with Gasteiger partial charge in [-0.1, -0.05) is 6.07 Å². The SMILES string of the molecule is C[C@@]1(c2ccc(C#N)cc2F)Oc2cccc(Br)c2O1. The highest BCUT2D eigenvalue weighted by Crippen LogP contribution is 2.48. The van der Waals surface area contributed by atoms with E-state index in [-0.39, 0.29) is 11.1 Å². The third-order valence-electron chi connectivity index (χ3n) is 3.12. The minimum atomic E-state index is -1.25. The van der Waals surface area contributed by atoms with E-state index in [4.69, 9.17) is 14.7 Å². The average molecular weight is 334 g/mol. The van der Waals surface area contributed by atoms with Crippen molar-refractivity contribution in [3.05, 3.63) is 57.8 Å². The molecule has 1 atom stereocenters. The Morgan fingerprint density at radius 3 is 2.70 bits per heavy atom. The van der Waals surface area contributed by atoms with Crippen LogP contribution in [-0.4, -0.2) is 0 Å². The molecule has 3 rings (SSSR count). The minimum absolute atomic E-state index is 0.250. The van der Waals surface area contributed by atoms with Crippen molar-refractivity contribution >= 4 is 15.9 Å². The maximum Gasteiger partial charge on any atom is 0.278 e. The Morgan fingerprint density at radius 1 is 1.25 bits per heavy atom. The number of benzene rings is 2. The highest BCUT2D eigenvalue weighted by molar-refractivity contribution is 9.10. The second-order valence-corrected chi connectivity index (χ2v) is 5.38. The van der Waals surface area contributed by atoms with Gasteiger partial charge in [0.25, 0.3) is 5.79 Å². The maximum absolute atomic E-state index is 14.1. The highest BCUT2D eigenvalue weighted by Gasteiger charge is 2.41. The average Bonchev–Trinajstić information content (AvgIpc) is 2.77. The van der Waals surface area contributed by atoms with E-state index in [0.29, 0.717) is 11.5 Å². The van der Waals surface area contributed by atoms with Gasteiger partial charge in [0.2, 0.25) is 0 Å². The molecule has 2 aromatic carbocycles. The second kappa shape index (κ2) is 4.50. The van der Waals surface area contributed by atoms with Gasteiger partial charge in [0.1, 0.15) is 5.82 Å². The summed E-state index contributed by atoms with van der Waals surface area (Å²) in [6.45, 7) is 1.64. The zero-order valence-corrected chi connectivity index (χ0v) is 12.1. The molecule has 5 heteroatoms. The lowest BCUT2D eigenvalue weighted by molar-refractivity contribution is -0.0709. The molecule has 0 aromatic heterocycles. The van der Waals surface area contributed by atoms with Crippen LogP contribution in [0.3, 0.4) is 0 Å². The fourth-order valence-corrected chi connectivity index (χ4v) is 2.59. The Morgan fingerprint density at radius 2 is 2.05 bits per heavy atom. The maximum atomic E-state index is 14.1. The first-order chi connectivity index (χ1) is 9.53. The molecule has 1 aliphatic rings. The fourth-order valence-electron chi connectivity index (χ4n) is 2.16. The van der Waals surface area contributed by atoms with E-state index in [1.807, 2.05) is 18.2 Å². The van der Waals surface area contributed by atoms with Crippen molar-refractivity contribution in [1.29, 1.82) is 5.26 Å². The summed E-state index contributed by atoms with van der Waals surface area (Å²) in [5.74, 6) is -0.690. The van der Waals surface area contributed by atoms with E-state index in [1.54, 1.807) is 13.0 Å². The summed E-state index contributed by atoms with van der Waals surface area (Å²) in [6, 6.07) is 11.5. The molecule has 0 saturated heterocycles. The summed E-state index contributed by atoms with van der Waals surface area (Å²) in [6.07, 6.45) is 0. The normalized spacial score (nSPS) is 19.7. The lowest BCUT2D eigenvalue weighted by atomic mass is 10.0. The number of nitrogens with zero attached hydrogens (tertiary/aromatic N) is 1. The van der Waals surface area contributed by atoms with Gasteiger partial charge in [-0.25, -0.2) is 4.39 Å². The number of para-hydroxylation sites is 1. The Labute approximate surface area is 123 Å². The Hall–Kier alpha value is -2.06. The second-order valence-electron chi connectivity index (χ2n) is 4.52. The lowest BCUT2D eigenvalue weighted by Crippen LogP contribution is -2.32. The first kappa shape index (κ1) is 12.9. The summed E-state index contributed by atoms with van der Waals surface area (Å²) in [5, 5.41) is 8.78. The summed E-state index contributed by atoms with van der Waals surface area (Å²) in [5.41, 5.74) is 0.506. The quantitative estimate of drug-likeness (QED) is 0.788. The van der Waals surface area contributed by atoms with Gasteiger partial charge in [0, 0.05) is 6.92 Å². The number of ether oxygens (including phenoxy) is 2. The highest BCUT2D eigenvalue weighted by atomic mass is 79.9. The van der Waals surface area contributed by atoms with Crippen molar-refractivity contribution in [2.45, 2.75) is 12.7 Å². The third kappa shape index (κ3) is 1.93. The van der Waals surface area contributed by atoms with Gasteiger partial charge in [-0.05, 0) is 46.3 Å². The van der Waals surface area contributed by atoms with Crippen molar-refractivity contribution in [3.63, 3.8) is 0 Å². The first-order valence-corrected chi connectivity index (χ1v) is 6.69. The van der Waals surface area contributed by atoms with Gasteiger partial charge in [0.15, 0.2) is 11.5 Å². The van der Waals surface area contributed by atoms with Crippen LogP contribution in [0.4, 0.5) is 4.39 Å². The molecule has 100 valence electrons. The van der Waals surface area contributed by atoms with Crippen molar-refractivity contribution < 1.29 is 13.9 Å². The third-order valence-corrected chi connectivity index (χ3v) is 3.74. The molecule has 2 aromatic rings. The van der Waals surface area contributed by atoms with Crippen LogP contribution < -0.4 is 9.47 Å². The fraction of sp³-hybridized carbons (Fsp3) is 0.133. The summed E-state index contributed by atoms with van der Waals surface area (Å²) >= 11 is 3.37. The minimum Gasteiger partial charge on any atom is -0.444 e. The number of rotatable bonds is 1.